The van der Waals surface area contributed by atoms with Gasteiger partial charge in [-0.3, -0.25) is 0 Å². The van der Waals surface area contributed by atoms with E-state index in [9.17, 15) is 0 Å². The van der Waals surface area contributed by atoms with Crippen molar-refractivity contribution in [2.24, 2.45) is 5.73 Å². The molecule has 1 unspecified atom stereocenters. The molecule has 4 N–H and O–H groups in total. The second kappa shape index (κ2) is 5.02. The van der Waals surface area contributed by atoms with Gasteiger partial charge in [-0.15, -0.1) is 0 Å². The Balaban J connectivity index is 3.79. The number of nitrogens with two attached hydrogens (primary N) is 1. The quantitative estimate of drug-likeness (QED) is 0.553. The summed E-state index contributed by atoms with van der Waals surface area (Å²) in [6.07, 6.45) is 1.96. The Morgan fingerprint density at radius 2 is 1.91 bits per heavy atom. The van der Waals surface area contributed by atoms with Gasteiger partial charge in [-0.2, -0.15) is 0 Å². The van der Waals surface area contributed by atoms with Crippen LogP contribution in [0.2, 0.25) is 0 Å². The molecule has 11 heavy (non-hydrogen) atoms. The third-order valence-corrected chi connectivity index (χ3v) is 1.34. The van der Waals surface area contributed by atoms with Crippen LogP contribution in [0, 0.1) is 0 Å². The van der Waals surface area contributed by atoms with Crippen molar-refractivity contribution in [2.75, 3.05) is 7.05 Å². The van der Waals surface area contributed by atoms with E-state index < -0.39 is 0 Å². The van der Waals surface area contributed by atoms with Crippen molar-refractivity contribution in [3.8, 4) is 0 Å². The topological polar surface area (TPSA) is 50.1 Å². The van der Waals surface area contributed by atoms with E-state index in [4.69, 9.17) is 5.73 Å². The lowest BCUT2D eigenvalue weighted by Crippen LogP contribution is -2.30. The summed E-state index contributed by atoms with van der Waals surface area (Å²) < 4.78 is 0. The second-order valence-corrected chi connectivity index (χ2v) is 3.00. The minimum Gasteiger partial charge on any atom is -0.386 e. The fourth-order valence-corrected chi connectivity index (χ4v) is 0.734. The van der Waals surface area contributed by atoms with Crippen LogP contribution in [0.15, 0.2) is 11.9 Å². The fourth-order valence-electron chi connectivity index (χ4n) is 0.734. The SMILES string of the molecule is CNC(C)/C=C(\N)NC(C)C. The van der Waals surface area contributed by atoms with Crippen molar-refractivity contribution in [1.29, 1.82) is 0 Å². The van der Waals surface area contributed by atoms with Gasteiger partial charge in [0.05, 0.1) is 5.82 Å². The zero-order valence-corrected chi connectivity index (χ0v) is 7.81. The Hall–Kier alpha value is -0.700. The van der Waals surface area contributed by atoms with Gasteiger partial charge in [-0.1, -0.05) is 0 Å². The summed E-state index contributed by atoms with van der Waals surface area (Å²) >= 11 is 0. The van der Waals surface area contributed by atoms with Crippen molar-refractivity contribution >= 4 is 0 Å². The number of hydrogen-bond donors (Lipinski definition) is 3. The van der Waals surface area contributed by atoms with Gasteiger partial charge >= 0.3 is 0 Å². The van der Waals surface area contributed by atoms with Gasteiger partial charge in [0.25, 0.3) is 0 Å². The highest BCUT2D eigenvalue weighted by Gasteiger charge is 1.96. The van der Waals surface area contributed by atoms with E-state index in [1.165, 1.54) is 0 Å². The van der Waals surface area contributed by atoms with Gasteiger partial charge in [0.1, 0.15) is 0 Å². The molecule has 0 aromatic heterocycles. The predicted octanol–water partition coefficient (Wildman–Crippen LogP) is 0.392. The van der Waals surface area contributed by atoms with Gasteiger partial charge in [0.15, 0.2) is 0 Å². The van der Waals surface area contributed by atoms with Crippen LogP contribution >= 0.6 is 0 Å². The molecule has 0 aliphatic carbocycles. The maximum Gasteiger partial charge on any atom is 0.0936 e. The summed E-state index contributed by atoms with van der Waals surface area (Å²) in [5, 5.41) is 6.18. The van der Waals surface area contributed by atoms with Crippen LogP contribution in [-0.2, 0) is 0 Å². The Bertz CT molecular complexity index is 129. The fraction of sp³-hybridized carbons (Fsp3) is 0.750. The summed E-state index contributed by atoms with van der Waals surface area (Å²) in [4.78, 5) is 0. The van der Waals surface area contributed by atoms with Gasteiger partial charge in [-0.25, -0.2) is 0 Å². The monoisotopic (exact) mass is 157 g/mol. The maximum atomic E-state index is 5.66. The summed E-state index contributed by atoms with van der Waals surface area (Å²) in [7, 11) is 1.91. The number of rotatable bonds is 4. The molecule has 0 heterocycles. The van der Waals surface area contributed by atoms with E-state index in [0.29, 0.717) is 12.1 Å². The first-order valence-corrected chi connectivity index (χ1v) is 3.97. The molecule has 0 aliphatic heterocycles. The van der Waals surface area contributed by atoms with E-state index in [-0.39, 0.29) is 0 Å². The van der Waals surface area contributed by atoms with E-state index in [1.54, 1.807) is 0 Å². The smallest absolute Gasteiger partial charge is 0.0936 e. The molecule has 0 saturated heterocycles. The molecule has 0 spiro atoms. The van der Waals surface area contributed by atoms with Crippen LogP contribution in [-0.4, -0.2) is 19.1 Å². The second-order valence-electron chi connectivity index (χ2n) is 3.00. The highest BCUT2D eigenvalue weighted by molar-refractivity contribution is 4.99. The molecule has 0 saturated carbocycles. The van der Waals surface area contributed by atoms with Gasteiger partial charge in [0.2, 0.25) is 0 Å². The molecule has 66 valence electrons. The molecule has 0 radical (unpaired) electrons. The van der Waals surface area contributed by atoms with Crippen LogP contribution in [0.3, 0.4) is 0 Å². The molecule has 0 aliphatic rings. The minimum absolute atomic E-state index is 0.321. The van der Waals surface area contributed by atoms with Crippen LogP contribution < -0.4 is 16.4 Å². The summed E-state index contributed by atoms with van der Waals surface area (Å²) in [6, 6.07) is 0.719. The van der Waals surface area contributed by atoms with Crippen molar-refractivity contribution in [2.45, 2.75) is 32.9 Å². The average molecular weight is 157 g/mol. The van der Waals surface area contributed by atoms with E-state index in [2.05, 4.69) is 31.4 Å². The molecule has 3 nitrogen and oxygen atoms in total. The van der Waals surface area contributed by atoms with E-state index in [1.807, 2.05) is 13.1 Å². The zero-order valence-electron chi connectivity index (χ0n) is 7.81. The van der Waals surface area contributed by atoms with Crippen LogP contribution in [0.5, 0.6) is 0 Å². The summed E-state index contributed by atoms with van der Waals surface area (Å²) in [6.45, 7) is 6.17. The molecule has 0 fully saturated rings. The van der Waals surface area contributed by atoms with Crippen molar-refractivity contribution < 1.29 is 0 Å². The molecule has 0 rings (SSSR count). The van der Waals surface area contributed by atoms with Gasteiger partial charge < -0.3 is 16.4 Å². The number of nitrogens with one attached hydrogen (secondary N) is 2. The highest BCUT2D eigenvalue weighted by atomic mass is 15.0. The lowest BCUT2D eigenvalue weighted by Gasteiger charge is -2.11. The third-order valence-electron chi connectivity index (χ3n) is 1.34. The third kappa shape index (κ3) is 5.73. The average Bonchev–Trinajstić information content (AvgIpc) is 1.85. The molecular weight excluding hydrogens is 138 g/mol. The van der Waals surface area contributed by atoms with Crippen LogP contribution in [0.25, 0.3) is 0 Å². The van der Waals surface area contributed by atoms with Gasteiger partial charge in [-0.05, 0) is 33.9 Å². The van der Waals surface area contributed by atoms with Gasteiger partial charge in [0, 0.05) is 12.1 Å². The van der Waals surface area contributed by atoms with E-state index >= 15 is 0 Å². The maximum absolute atomic E-state index is 5.66. The van der Waals surface area contributed by atoms with Crippen molar-refractivity contribution in [1.82, 2.24) is 10.6 Å². The Kier molecular flexibility index (Phi) is 4.70. The lowest BCUT2D eigenvalue weighted by atomic mass is 10.3. The zero-order chi connectivity index (χ0) is 8.85. The first kappa shape index (κ1) is 10.3. The first-order chi connectivity index (χ1) is 5.06. The Morgan fingerprint density at radius 1 is 1.36 bits per heavy atom. The highest BCUT2D eigenvalue weighted by Crippen LogP contribution is 1.87. The normalized spacial score (nSPS) is 15.2. The summed E-state index contributed by atoms with van der Waals surface area (Å²) in [5.74, 6) is 0.738. The van der Waals surface area contributed by atoms with Crippen molar-refractivity contribution in [3.63, 3.8) is 0 Å². The molecule has 0 aromatic carbocycles. The summed E-state index contributed by atoms with van der Waals surface area (Å²) in [5.41, 5.74) is 5.66. The number of likely N-dealkylation sites (N-methyl/N-ethyl adjacent to an activating group) is 1. The number of hydrogen-bond acceptors (Lipinski definition) is 3. The first-order valence-electron chi connectivity index (χ1n) is 3.97. The predicted molar refractivity (Wildman–Crippen MR) is 49.1 cm³/mol. The molecule has 0 aromatic rings. The van der Waals surface area contributed by atoms with Crippen molar-refractivity contribution in [3.05, 3.63) is 11.9 Å². The Morgan fingerprint density at radius 3 is 2.27 bits per heavy atom. The molecule has 1 atom stereocenters. The minimum atomic E-state index is 0.321. The molecule has 0 bridgehead atoms. The van der Waals surface area contributed by atoms with Crippen LogP contribution in [0.4, 0.5) is 0 Å². The molecular formula is C8H19N3. The Labute approximate surface area is 69.0 Å². The molecule has 0 amide bonds. The molecule has 3 heteroatoms. The van der Waals surface area contributed by atoms with Crippen LogP contribution in [0.1, 0.15) is 20.8 Å². The van der Waals surface area contributed by atoms with E-state index in [0.717, 1.165) is 5.82 Å². The largest absolute Gasteiger partial charge is 0.386 e. The lowest BCUT2D eigenvalue weighted by molar-refractivity contribution is 0.644. The standard InChI is InChI=1S/C8H19N3/c1-6(2)11-8(9)5-7(3)10-4/h5-7,10-11H,9H2,1-4H3/b8-5+.